The first kappa shape index (κ1) is 15.8. The molecule has 0 fully saturated rings. The lowest BCUT2D eigenvalue weighted by atomic mass is 10.1. The lowest BCUT2D eigenvalue weighted by molar-refractivity contribution is -0.140. The molecule has 1 amide bonds. The number of aliphatic carboxylic acids is 1. The number of allylic oxidation sites excluding steroid dienone is 1. The topological polar surface area (TPSA) is 91.8 Å². The number of nitrogens with zero attached hydrogens (tertiary/aromatic N) is 1. The Hall–Kier alpha value is -1.63. The smallest absolute Gasteiger partial charge is 0.324 e. The van der Waals surface area contributed by atoms with E-state index in [9.17, 15) is 23.1 Å². The third-order valence-electron chi connectivity index (χ3n) is 4.30. The minimum Gasteiger partial charge on any atom is -0.480 e. The molecule has 0 unspecified atom stereocenters. The van der Waals surface area contributed by atoms with E-state index < -0.39 is 20.6 Å². The van der Waals surface area contributed by atoms with Gasteiger partial charge in [-0.15, -0.1) is 0 Å². The van der Waals surface area contributed by atoms with Crippen molar-refractivity contribution in [3.05, 3.63) is 22.8 Å². The van der Waals surface area contributed by atoms with Gasteiger partial charge in [-0.25, -0.2) is 8.42 Å². The van der Waals surface area contributed by atoms with Crippen molar-refractivity contribution < 1.29 is 23.1 Å². The van der Waals surface area contributed by atoms with E-state index in [1.54, 1.807) is 0 Å². The summed E-state index contributed by atoms with van der Waals surface area (Å²) in [6.07, 6.45) is 3.40. The Bertz CT molecular complexity index is 673. The van der Waals surface area contributed by atoms with Gasteiger partial charge in [0.15, 0.2) is 14.6 Å². The van der Waals surface area contributed by atoms with Crippen LogP contribution in [0.3, 0.4) is 0 Å². The van der Waals surface area contributed by atoms with E-state index >= 15 is 0 Å². The van der Waals surface area contributed by atoms with Crippen molar-refractivity contribution in [3.8, 4) is 0 Å². The highest BCUT2D eigenvalue weighted by Crippen LogP contribution is 2.33. The molecule has 1 N–H and O–H groups in total. The maximum absolute atomic E-state index is 12.2. The molecule has 2 rings (SSSR count). The Kier molecular flexibility index (Phi) is 3.73. The highest BCUT2D eigenvalue weighted by atomic mass is 32.2. The fourth-order valence-corrected chi connectivity index (χ4v) is 3.41. The quantitative estimate of drug-likeness (QED) is 0.809. The van der Waals surface area contributed by atoms with Crippen LogP contribution in [-0.2, 0) is 19.4 Å². The van der Waals surface area contributed by atoms with E-state index in [0.29, 0.717) is 13.0 Å². The summed E-state index contributed by atoms with van der Waals surface area (Å²) in [7, 11) is -3.76. The van der Waals surface area contributed by atoms with E-state index in [0.717, 1.165) is 23.0 Å². The van der Waals surface area contributed by atoms with Crippen LogP contribution in [0.4, 0.5) is 0 Å². The number of amides is 1. The van der Waals surface area contributed by atoms with E-state index in [2.05, 4.69) is 0 Å². The average molecular weight is 313 g/mol. The van der Waals surface area contributed by atoms with Gasteiger partial charge in [-0.3, -0.25) is 9.59 Å². The summed E-state index contributed by atoms with van der Waals surface area (Å²) in [4.78, 5) is 25.0. The zero-order valence-corrected chi connectivity index (χ0v) is 13.2. The molecule has 116 valence electrons. The maximum Gasteiger partial charge on any atom is 0.324 e. The van der Waals surface area contributed by atoms with E-state index in [1.165, 1.54) is 11.8 Å². The lowest BCUT2D eigenvalue weighted by Gasteiger charge is -2.26. The molecule has 7 heteroatoms. The Morgan fingerprint density at radius 1 is 1.48 bits per heavy atom. The van der Waals surface area contributed by atoms with Gasteiger partial charge in [0.05, 0.1) is 0 Å². The molecule has 1 heterocycles. The van der Waals surface area contributed by atoms with Crippen molar-refractivity contribution in [3.63, 3.8) is 0 Å². The lowest BCUT2D eigenvalue weighted by Crippen LogP contribution is -2.46. The van der Waals surface area contributed by atoms with E-state index in [4.69, 9.17) is 0 Å². The third kappa shape index (κ3) is 2.62. The van der Waals surface area contributed by atoms with Gasteiger partial charge in [0.1, 0.15) is 0 Å². The van der Waals surface area contributed by atoms with Crippen LogP contribution < -0.4 is 0 Å². The zero-order chi connectivity index (χ0) is 16.0. The van der Waals surface area contributed by atoms with Crippen molar-refractivity contribution in [2.45, 2.75) is 31.4 Å². The van der Waals surface area contributed by atoms with Gasteiger partial charge < -0.3 is 10.0 Å². The Morgan fingerprint density at radius 3 is 2.57 bits per heavy atom. The molecule has 0 radical (unpaired) electrons. The molecule has 1 atom stereocenters. The van der Waals surface area contributed by atoms with Crippen molar-refractivity contribution in [2.75, 3.05) is 19.3 Å². The Morgan fingerprint density at radius 2 is 2.10 bits per heavy atom. The molecule has 0 spiro atoms. The van der Waals surface area contributed by atoms with Crippen molar-refractivity contribution >= 4 is 21.7 Å². The fourth-order valence-electron chi connectivity index (χ4n) is 2.63. The summed E-state index contributed by atoms with van der Waals surface area (Å²) in [6, 6.07) is 0. The molecule has 6 nitrogen and oxygen atoms in total. The van der Waals surface area contributed by atoms with Gasteiger partial charge in [0.25, 0.3) is 5.91 Å². The standard InChI is InChI=1S/C14H19NO5S/c1-9-6-10-8-15(12(16)11(10)7-9)5-4-14(2,13(17)18)21(3,19)20/h6H,4-5,7-8H2,1-3H3,(H,17,18)/t14-/m1/s1. The van der Waals surface area contributed by atoms with Gasteiger partial charge in [-0.05, 0) is 32.3 Å². The summed E-state index contributed by atoms with van der Waals surface area (Å²) in [6.45, 7) is 3.71. The second-order valence-corrected chi connectivity index (χ2v) is 8.40. The Balaban J connectivity index is 2.08. The molecule has 0 saturated heterocycles. The summed E-state index contributed by atoms with van der Waals surface area (Å²) in [5, 5.41) is 9.20. The van der Waals surface area contributed by atoms with Gasteiger partial charge in [0.2, 0.25) is 0 Å². The summed E-state index contributed by atoms with van der Waals surface area (Å²) in [5.41, 5.74) is 2.86. The highest BCUT2D eigenvalue weighted by Gasteiger charge is 2.44. The zero-order valence-electron chi connectivity index (χ0n) is 12.3. The van der Waals surface area contributed by atoms with Crippen LogP contribution in [0.2, 0.25) is 0 Å². The molecule has 0 saturated carbocycles. The summed E-state index contributed by atoms with van der Waals surface area (Å²) >= 11 is 0. The van der Waals surface area contributed by atoms with Gasteiger partial charge in [-0.1, -0.05) is 11.6 Å². The monoisotopic (exact) mass is 313 g/mol. The molecule has 21 heavy (non-hydrogen) atoms. The van der Waals surface area contributed by atoms with Crippen LogP contribution in [0.1, 0.15) is 26.7 Å². The molecule has 0 aromatic rings. The van der Waals surface area contributed by atoms with Gasteiger partial charge >= 0.3 is 5.97 Å². The second kappa shape index (κ2) is 4.98. The number of sulfone groups is 1. The molecular formula is C14H19NO5S. The number of carbonyl (C=O) groups is 2. The van der Waals surface area contributed by atoms with Crippen LogP contribution in [0, 0.1) is 0 Å². The second-order valence-electron chi connectivity index (χ2n) is 5.96. The number of rotatable bonds is 5. The molecule has 0 aromatic carbocycles. The molecule has 0 bridgehead atoms. The largest absolute Gasteiger partial charge is 0.480 e. The molecule has 0 aromatic heterocycles. The van der Waals surface area contributed by atoms with E-state index in [1.807, 2.05) is 13.0 Å². The fraction of sp³-hybridized carbons (Fsp3) is 0.571. The number of hydrogen-bond donors (Lipinski definition) is 1. The number of carbonyl (C=O) groups excluding carboxylic acids is 1. The molecule has 2 aliphatic rings. The SMILES string of the molecule is CC1=CC2=C(C1)C(=O)N(CC[C@](C)(C(=O)O)S(C)(=O)=O)C2. The number of carboxylic acids is 1. The first-order chi connectivity index (χ1) is 9.56. The summed E-state index contributed by atoms with van der Waals surface area (Å²) < 4.78 is 21.6. The molecule has 1 aliphatic heterocycles. The molecule has 1 aliphatic carbocycles. The highest BCUT2D eigenvalue weighted by molar-refractivity contribution is 7.92. The van der Waals surface area contributed by atoms with E-state index in [-0.39, 0.29) is 18.9 Å². The first-order valence-electron chi connectivity index (χ1n) is 6.68. The van der Waals surface area contributed by atoms with Gasteiger partial charge in [-0.2, -0.15) is 0 Å². The minimum atomic E-state index is -3.76. The third-order valence-corrected chi connectivity index (χ3v) is 6.32. The van der Waals surface area contributed by atoms with Crippen molar-refractivity contribution in [1.82, 2.24) is 4.90 Å². The van der Waals surface area contributed by atoms with Crippen LogP contribution in [0.5, 0.6) is 0 Å². The van der Waals surface area contributed by atoms with Crippen LogP contribution in [-0.4, -0.2) is 54.4 Å². The maximum atomic E-state index is 12.2. The summed E-state index contributed by atoms with van der Waals surface area (Å²) in [5.74, 6) is -1.49. The average Bonchev–Trinajstić information content (AvgIpc) is 2.83. The predicted octanol–water partition coefficient (Wildman–Crippen LogP) is 0.753. The van der Waals surface area contributed by atoms with Crippen molar-refractivity contribution in [2.24, 2.45) is 0 Å². The normalized spacial score (nSPS) is 21.4. The Labute approximate surface area is 124 Å². The minimum absolute atomic E-state index is 0.112. The van der Waals surface area contributed by atoms with Gasteiger partial charge in [0, 0.05) is 24.9 Å². The van der Waals surface area contributed by atoms with Crippen LogP contribution in [0.15, 0.2) is 22.8 Å². The van der Waals surface area contributed by atoms with Crippen LogP contribution in [0.25, 0.3) is 0 Å². The van der Waals surface area contributed by atoms with Crippen LogP contribution >= 0.6 is 0 Å². The number of carboxylic acid groups (broad SMARTS) is 1. The first-order valence-corrected chi connectivity index (χ1v) is 8.57. The molecular weight excluding hydrogens is 294 g/mol. The predicted molar refractivity (Wildman–Crippen MR) is 77.5 cm³/mol. The number of hydrogen-bond acceptors (Lipinski definition) is 4. The van der Waals surface area contributed by atoms with Crippen molar-refractivity contribution in [1.29, 1.82) is 0 Å².